The summed E-state index contributed by atoms with van der Waals surface area (Å²) in [7, 11) is 0. The first-order valence-corrected chi connectivity index (χ1v) is 9.06. The fraction of sp³-hybridized carbons (Fsp3) is 0.474. The molecular formula is C19H23N5O2. The van der Waals surface area contributed by atoms with Crippen molar-refractivity contribution in [3.8, 4) is 5.82 Å². The number of allylic oxidation sites excluding steroid dienone is 2. The summed E-state index contributed by atoms with van der Waals surface area (Å²) in [5, 5.41) is 11.6. The summed E-state index contributed by atoms with van der Waals surface area (Å²) in [4.78, 5) is 24.4. The maximum Gasteiger partial charge on any atom is 0.267 e. The van der Waals surface area contributed by atoms with Crippen LogP contribution in [-0.4, -0.2) is 32.0 Å². The number of hydrogen-bond acceptors (Lipinski definition) is 4. The number of carbonyl (C=O) groups excluding carboxylic acids is 1. The van der Waals surface area contributed by atoms with Crippen LogP contribution in [0.3, 0.4) is 0 Å². The summed E-state index contributed by atoms with van der Waals surface area (Å²) in [5.74, 6) is 2.14. The van der Waals surface area contributed by atoms with Crippen LogP contribution in [0.15, 0.2) is 35.1 Å². The molecule has 2 aromatic rings. The average Bonchev–Trinajstić information content (AvgIpc) is 3.30. The molecule has 0 aromatic carbocycles. The highest BCUT2D eigenvalue weighted by Crippen LogP contribution is 2.42. The van der Waals surface area contributed by atoms with Gasteiger partial charge in [-0.2, -0.15) is 5.10 Å². The number of nitrogens with one attached hydrogen (secondary N) is 1. The van der Waals surface area contributed by atoms with Gasteiger partial charge in [0.05, 0.1) is 5.69 Å². The second-order valence-electron chi connectivity index (χ2n) is 7.37. The fourth-order valence-corrected chi connectivity index (χ4v) is 4.09. The third-order valence-corrected chi connectivity index (χ3v) is 5.35. The summed E-state index contributed by atoms with van der Waals surface area (Å²) in [6.45, 7) is 4.41. The summed E-state index contributed by atoms with van der Waals surface area (Å²) >= 11 is 0. The van der Waals surface area contributed by atoms with Crippen LogP contribution in [0.5, 0.6) is 0 Å². The van der Waals surface area contributed by atoms with Crippen molar-refractivity contribution in [3.05, 3.63) is 52.1 Å². The predicted molar refractivity (Wildman–Crippen MR) is 96.9 cm³/mol. The summed E-state index contributed by atoms with van der Waals surface area (Å²) in [6, 6.07) is 4.98. The molecule has 2 aliphatic rings. The molecule has 7 heteroatoms. The van der Waals surface area contributed by atoms with Gasteiger partial charge in [-0.1, -0.05) is 12.2 Å². The lowest BCUT2D eigenvalue weighted by molar-refractivity contribution is -0.122. The number of rotatable bonds is 5. The Hall–Kier alpha value is -2.70. The van der Waals surface area contributed by atoms with Gasteiger partial charge in [-0.25, -0.2) is 9.36 Å². The molecule has 1 saturated carbocycles. The van der Waals surface area contributed by atoms with Crippen molar-refractivity contribution in [2.75, 3.05) is 6.54 Å². The van der Waals surface area contributed by atoms with E-state index in [1.165, 1.54) is 17.2 Å². The first kappa shape index (κ1) is 16.8. The van der Waals surface area contributed by atoms with E-state index in [-0.39, 0.29) is 18.0 Å². The highest BCUT2D eigenvalue weighted by molar-refractivity contribution is 5.75. The average molecular weight is 353 g/mol. The molecule has 2 heterocycles. The second kappa shape index (κ2) is 6.55. The molecule has 0 unspecified atom stereocenters. The molecule has 1 N–H and O–H groups in total. The minimum absolute atomic E-state index is 0.0807. The summed E-state index contributed by atoms with van der Waals surface area (Å²) in [6.07, 6.45) is 6.92. The van der Waals surface area contributed by atoms with Crippen LogP contribution in [0.1, 0.15) is 24.2 Å². The first-order chi connectivity index (χ1) is 12.5. The van der Waals surface area contributed by atoms with Gasteiger partial charge in [0.1, 0.15) is 6.54 Å². The van der Waals surface area contributed by atoms with Crippen molar-refractivity contribution >= 4 is 5.91 Å². The molecule has 26 heavy (non-hydrogen) atoms. The quantitative estimate of drug-likeness (QED) is 0.823. The molecular weight excluding hydrogens is 330 g/mol. The van der Waals surface area contributed by atoms with Crippen molar-refractivity contribution < 1.29 is 4.79 Å². The maximum atomic E-state index is 12.3. The smallest absolute Gasteiger partial charge is 0.267 e. The normalized spacial score (nSPS) is 23.5. The lowest BCUT2D eigenvalue weighted by atomic mass is 9.94. The van der Waals surface area contributed by atoms with Gasteiger partial charge in [0.25, 0.3) is 5.56 Å². The Kier molecular flexibility index (Phi) is 4.22. The van der Waals surface area contributed by atoms with Crippen molar-refractivity contribution in [2.24, 2.45) is 17.8 Å². The third kappa shape index (κ3) is 3.21. The molecule has 1 fully saturated rings. The highest BCUT2D eigenvalue weighted by Gasteiger charge is 2.35. The number of aryl methyl sites for hydroxylation is 2. The largest absolute Gasteiger partial charge is 0.354 e. The van der Waals surface area contributed by atoms with E-state index in [0.29, 0.717) is 30.1 Å². The topological polar surface area (TPSA) is 81.8 Å². The zero-order valence-electron chi connectivity index (χ0n) is 15.1. The summed E-state index contributed by atoms with van der Waals surface area (Å²) < 4.78 is 2.87. The molecule has 2 aliphatic carbocycles. The molecule has 0 saturated heterocycles. The van der Waals surface area contributed by atoms with Gasteiger partial charge < -0.3 is 5.32 Å². The zero-order valence-corrected chi connectivity index (χ0v) is 15.1. The number of aromatic nitrogens is 4. The van der Waals surface area contributed by atoms with E-state index in [1.807, 2.05) is 19.9 Å². The van der Waals surface area contributed by atoms with Crippen molar-refractivity contribution in [3.63, 3.8) is 0 Å². The molecule has 1 amide bonds. The van der Waals surface area contributed by atoms with Gasteiger partial charge >= 0.3 is 0 Å². The Morgan fingerprint density at radius 3 is 2.73 bits per heavy atom. The van der Waals surface area contributed by atoms with E-state index in [0.717, 1.165) is 17.8 Å². The fourth-order valence-electron chi connectivity index (χ4n) is 4.09. The lowest BCUT2D eigenvalue weighted by Gasteiger charge is -2.18. The van der Waals surface area contributed by atoms with Crippen LogP contribution in [0.2, 0.25) is 0 Å². The Morgan fingerprint density at radius 1 is 1.23 bits per heavy atom. The van der Waals surface area contributed by atoms with Crippen LogP contribution >= 0.6 is 0 Å². The van der Waals surface area contributed by atoms with Crippen LogP contribution < -0.4 is 10.9 Å². The van der Waals surface area contributed by atoms with E-state index in [1.54, 1.807) is 10.7 Å². The van der Waals surface area contributed by atoms with Crippen LogP contribution in [0.4, 0.5) is 0 Å². The number of carbonyl (C=O) groups is 1. The number of nitrogens with zero attached hydrogens (tertiary/aromatic N) is 4. The van der Waals surface area contributed by atoms with Crippen LogP contribution in [0, 0.1) is 31.6 Å². The van der Waals surface area contributed by atoms with Crippen molar-refractivity contribution in [1.29, 1.82) is 0 Å². The molecule has 2 bridgehead atoms. The van der Waals surface area contributed by atoms with E-state index < -0.39 is 0 Å². The first-order valence-electron chi connectivity index (χ1n) is 9.06. The number of fused-ring (bicyclic) bond motifs is 2. The van der Waals surface area contributed by atoms with E-state index in [9.17, 15) is 9.59 Å². The van der Waals surface area contributed by atoms with Crippen molar-refractivity contribution in [2.45, 2.75) is 33.2 Å². The molecule has 0 aliphatic heterocycles. The molecule has 0 radical (unpaired) electrons. The summed E-state index contributed by atoms with van der Waals surface area (Å²) in [5.41, 5.74) is 1.50. The molecule has 7 nitrogen and oxygen atoms in total. The van der Waals surface area contributed by atoms with E-state index >= 15 is 0 Å². The lowest BCUT2D eigenvalue weighted by Crippen LogP contribution is -2.37. The van der Waals surface area contributed by atoms with Crippen molar-refractivity contribution in [1.82, 2.24) is 24.9 Å². The van der Waals surface area contributed by atoms with Crippen LogP contribution in [0.25, 0.3) is 5.82 Å². The SMILES string of the molecule is Cc1cc(C)n(-c2ccc(=O)n(CC(=O)NC[C@@H]3C[C@H]4C=C[C@H]3C4)n2)n1. The Bertz CT molecular complexity index is 926. The monoisotopic (exact) mass is 353 g/mol. The Balaban J connectivity index is 1.43. The minimum atomic E-state index is -0.298. The van der Waals surface area contributed by atoms with Crippen LogP contribution in [-0.2, 0) is 11.3 Å². The molecule has 0 spiro atoms. The van der Waals surface area contributed by atoms with Gasteiger partial charge in [0.2, 0.25) is 5.91 Å². The Labute approximate surface area is 151 Å². The molecule has 136 valence electrons. The molecule has 3 atom stereocenters. The molecule has 4 rings (SSSR count). The zero-order chi connectivity index (χ0) is 18.3. The maximum absolute atomic E-state index is 12.3. The van der Waals surface area contributed by atoms with Gasteiger partial charge in [-0.3, -0.25) is 9.59 Å². The number of hydrogen-bond donors (Lipinski definition) is 1. The van der Waals surface area contributed by atoms with Gasteiger partial charge in [0.15, 0.2) is 5.82 Å². The predicted octanol–water partition coefficient (Wildman–Crippen LogP) is 1.37. The van der Waals surface area contributed by atoms with E-state index in [4.69, 9.17) is 0 Å². The Morgan fingerprint density at radius 2 is 2.08 bits per heavy atom. The van der Waals surface area contributed by atoms with E-state index in [2.05, 4.69) is 27.7 Å². The number of amides is 1. The standard InChI is InChI=1S/C19H23N5O2/c1-12-7-13(2)24(21-12)17-5-6-19(26)23(22-17)11-18(25)20-10-16-9-14-3-4-15(16)8-14/h3-7,14-16H,8-11H2,1-2H3,(H,20,25)/t14-,15-,16-/m0/s1. The molecule has 2 aromatic heterocycles. The highest BCUT2D eigenvalue weighted by atomic mass is 16.2. The third-order valence-electron chi connectivity index (χ3n) is 5.35. The van der Waals surface area contributed by atoms with Gasteiger partial charge in [-0.15, -0.1) is 5.10 Å². The second-order valence-corrected chi connectivity index (χ2v) is 7.37. The van der Waals surface area contributed by atoms with Gasteiger partial charge in [0, 0.05) is 18.3 Å². The van der Waals surface area contributed by atoms with Gasteiger partial charge in [-0.05, 0) is 56.6 Å². The minimum Gasteiger partial charge on any atom is -0.354 e.